The molecule has 11 nitrogen and oxygen atoms in total. The molecule has 3 aromatic rings. The lowest BCUT2D eigenvalue weighted by atomic mass is 10.2. The van der Waals surface area contributed by atoms with Gasteiger partial charge in [0.2, 0.25) is 10.0 Å². The summed E-state index contributed by atoms with van der Waals surface area (Å²) in [6.07, 6.45) is 4.88. The second kappa shape index (κ2) is 13.7. The van der Waals surface area contributed by atoms with Crippen molar-refractivity contribution in [2.24, 2.45) is 5.10 Å². The fraction of sp³-hybridized carbons (Fsp3) is 0.296. The molecular formula is C27H30N4O7S. The lowest BCUT2D eigenvalue weighted by Gasteiger charge is -2.20. The summed E-state index contributed by atoms with van der Waals surface area (Å²) >= 11 is 0. The number of hydrogen-bond acceptors (Lipinski definition) is 8. The van der Waals surface area contributed by atoms with Crippen molar-refractivity contribution in [1.82, 2.24) is 15.0 Å². The van der Waals surface area contributed by atoms with Crippen molar-refractivity contribution in [2.75, 3.05) is 26.3 Å². The quantitative estimate of drug-likeness (QED) is 0.244. The molecule has 39 heavy (non-hydrogen) atoms. The van der Waals surface area contributed by atoms with Crippen molar-refractivity contribution in [3.8, 4) is 5.75 Å². The van der Waals surface area contributed by atoms with Crippen molar-refractivity contribution in [2.45, 2.75) is 30.4 Å². The maximum Gasteiger partial charge on any atom is 0.258 e. The summed E-state index contributed by atoms with van der Waals surface area (Å²) in [6.45, 7) is 0.516. The summed E-state index contributed by atoms with van der Waals surface area (Å²) in [5.74, 6) is 0.0528. The first-order valence-corrected chi connectivity index (χ1v) is 13.8. The second-order valence-corrected chi connectivity index (χ2v) is 10.7. The summed E-state index contributed by atoms with van der Waals surface area (Å²) in [5.41, 5.74) is 3.02. The molecule has 1 aromatic heterocycles. The first kappa shape index (κ1) is 28.0. The third-order valence-electron chi connectivity index (χ3n) is 5.82. The zero-order chi connectivity index (χ0) is 27.5. The Morgan fingerprint density at radius 3 is 2.54 bits per heavy atom. The number of rotatable bonds is 13. The van der Waals surface area contributed by atoms with Crippen LogP contribution in [0.1, 0.15) is 24.2 Å². The van der Waals surface area contributed by atoms with Gasteiger partial charge < -0.3 is 19.2 Å². The summed E-state index contributed by atoms with van der Waals surface area (Å²) in [5, 5.41) is 6.72. The number of sulfonamides is 1. The van der Waals surface area contributed by atoms with Gasteiger partial charge in [0.05, 0.1) is 36.6 Å². The van der Waals surface area contributed by atoms with Crippen LogP contribution in [0.15, 0.2) is 87.4 Å². The van der Waals surface area contributed by atoms with Crippen molar-refractivity contribution in [3.05, 3.63) is 84.3 Å². The Morgan fingerprint density at radius 2 is 1.85 bits per heavy atom. The first-order chi connectivity index (χ1) is 18.9. The van der Waals surface area contributed by atoms with Gasteiger partial charge in [0.25, 0.3) is 11.8 Å². The van der Waals surface area contributed by atoms with Crippen molar-refractivity contribution in [1.29, 1.82) is 0 Å². The van der Waals surface area contributed by atoms with Crippen LogP contribution in [0.4, 0.5) is 0 Å². The minimum Gasteiger partial charge on any atom is -0.484 e. The minimum absolute atomic E-state index is 0.0653. The molecular weight excluding hydrogens is 524 g/mol. The van der Waals surface area contributed by atoms with E-state index in [4.69, 9.17) is 13.9 Å². The lowest BCUT2D eigenvalue weighted by Crippen LogP contribution is -2.38. The Balaban J connectivity index is 1.27. The first-order valence-electron chi connectivity index (χ1n) is 12.4. The summed E-state index contributed by atoms with van der Waals surface area (Å²) < 4.78 is 43.6. The minimum atomic E-state index is -3.96. The number of amides is 2. The lowest BCUT2D eigenvalue weighted by molar-refractivity contribution is -0.123. The van der Waals surface area contributed by atoms with E-state index in [0.717, 1.165) is 23.8 Å². The standard InChI is InChI=1S/C27H30N4O7S/c32-26(19-31(18-24-7-5-15-37-24)39(34,35)25-8-2-1-3-9-25)30-29-16-21-10-12-22(13-11-21)38-20-27(33)28-17-23-6-4-14-36-23/h1-3,5,7-13,15-16,23H,4,6,14,17-20H2,(H,28,33)(H,30,32)/b29-16+/t23-/m0/s1. The molecule has 2 N–H and O–H groups in total. The van der Waals surface area contributed by atoms with E-state index in [0.29, 0.717) is 23.6 Å². The molecule has 1 fully saturated rings. The van der Waals surface area contributed by atoms with Crippen LogP contribution in [0.5, 0.6) is 5.75 Å². The number of ether oxygens (including phenoxy) is 2. The monoisotopic (exact) mass is 554 g/mol. The van der Waals surface area contributed by atoms with Gasteiger partial charge in [-0.3, -0.25) is 9.59 Å². The number of benzene rings is 2. The van der Waals surface area contributed by atoms with Crippen LogP contribution in [0.25, 0.3) is 0 Å². The smallest absolute Gasteiger partial charge is 0.258 e. The Kier molecular flexibility index (Phi) is 9.84. The molecule has 0 radical (unpaired) electrons. The van der Waals surface area contributed by atoms with E-state index in [1.54, 1.807) is 54.6 Å². The average Bonchev–Trinajstić information content (AvgIpc) is 3.66. The zero-order valence-corrected chi connectivity index (χ0v) is 22.0. The number of carbonyl (C=O) groups excluding carboxylic acids is 2. The Bertz CT molecular complexity index is 1340. The molecule has 12 heteroatoms. The number of nitrogens with one attached hydrogen (secondary N) is 2. The Labute approximate surface area is 226 Å². The van der Waals surface area contributed by atoms with Gasteiger partial charge in [-0.1, -0.05) is 18.2 Å². The van der Waals surface area contributed by atoms with Gasteiger partial charge in [0, 0.05) is 13.2 Å². The maximum atomic E-state index is 13.1. The molecule has 0 bridgehead atoms. The highest BCUT2D eigenvalue weighted by Crippen LogP contribution is 2.18. The van der Waals surface area contributed by atoms with Crippen LogP contribution >= 0.6 is 0 Å². The highest BCUT2D eigenvalue weighted by atomic mass is 32.2. The molecule has 2 amide bonds. The largest absolute Gasteiger partial charge is 0.484 e. The van der Waals surface area contributed by atoms with Crippen LogP contribution in [-0.4, -0.2) is 63.2 Å². The summed E-state index contributed by atoms with van der Waals surface area (Å²) in [6, 6.07) is 17.9. The molecule has 4 rings (SSSR count). The van der Waals surface area contributed by atoms with Gasteiger partial charge >= 0.3 is 0 Å². The van der Waals surface area contributed by atoms with Crippen molar-refractivity contribution in [3.63, 3.8) is 0 Å². The fourth-order valence-electron chi connectivity index (χ4n) is 3.80. The van der Waals surface area contributed by atoms with E-state index in [1.807, 2.05) is 0 Å². The summed E-state index contributed by atoms with van der Waals surface area (Å²) in [4.78, 5) is 24.6. The zero-order valence-electron chi connectivity index (χ0n) is 21.2. The van der Waals surface area contributed by atoms with E-state index in [1.165, 1.54) is 24.6 Å². The van der Waals surface area contributed by atoms with E-state index >= 15 is 0 Å². The van der Waals surface area contributed by atoms with Crippen LogP contribution < -0.4 is 15.5 Å². The molecule has 206 valence electrons. The van der Waals surface area contributed by atoms with E-state index in [9.17, 15) is 18.0 Å². The third kappa shape index (κ3) is 8.50. The van der Waals surface area contributed by atoms with Crippen LogP contribution in [0.2, 0.25) is 0 Å². The molecule has 0 saturated carbocycles. The SMILES string of the molecule is O=C(COc1ccc(/C=N/NC(=O)CN(Cc2ccco2)S(=O)(=O)c2ccccc2)cc1)NC[C@@H]1CCCO1. The molecule has 1 aliphatic rings. The van der Waals surface area contributed by atoms with Crippen LogP contribution in [-0.2, 0) is 30.9 Å². The molecule has 2 heterocycles. The highest BCUT2D eigenvalue weighted by Gasteiger charge is 2.27. The molecule has 0 spiro atoms. The van der Waals surface area contributed by atoms with Gasteiger partial charge in [0.15, 0.2) is 6.61 Å². The Morgan fingerprint density at radius 1 is 1.05 bits per heavy atom. The number of hydrazone groups is 1. The highest BCUT2D eigenvalue weighted by molar-refractivity contribution is 7.89. The molecule has 1 aliphatic heterocycles. The molecule has 0 unspecified atom stereocenters. The summed E-state index contributed by atoms with van der Waals surface area (Å²) in [7, 11) is -3.96. The molecule has 2 aromatic carbocycles. The molecule has 0 aliphatic carbocycles. The predicted octanol–water partition coefficient (Wildman–Crippen LogP) is 2.29. The predicted molar refractivity (Wildman–Crippen MR) is 142 cm³/mol. The number of carbonyl (C=O) groups is 2. The number of furan rings is 1. The van der Waals surface area contributed by atoms with Crippen molar-refractivity contribution >= 4 is 28.1 Å². The van der Waals surface area contributed by atoms with Crippen molar-refractivity contribution < 1.29 is 31.9 Å². The van der Waals surface area contributed by atoms with E-state index in [-0.39, 0.29) is 30.1 Å². The van der Waals surface area contributed by atoms with E-state index in [2.05, 4.69) is 15.8 Å². The maximum absolute atomic E-state index is 13.1. The normalized spacial score (nSPS) is 15.5. The molecule has 1 atom stereocenters. The van der Waals surface area contributed by atoms with E-state index < -0.39 is 22.5 Å². The van der Waals surface area contributed by atoms with Crippen LogP contribution in [0.3, 0.4) is 0 Å². The average molecular weight is 555 g/mol. The van der Waals surface area contributed by atoms with Gasteiger partial charge in [-0.15, -0.1) is 0 Å². The fourth-order valence-corrected chi connectivity index (χ4v) is 5.18. The van der Waals surface area contributed by atoms with Gasteiger partial charge in [-0.05, 0) is 66.9 Å². The van der Waals surface area contributed by atoms with Gasteiger partial charge in [-0.25, -0.2) is 13.8 Å². The molecule has 1 saturated heterocycles. The van der Waals surface area contributed by atoms with Crippen LogP contribution in [0, 0.1) is 0 Å². The second-order valence-electron chi connectivity index (χ2n) is 8.76. The Hall–Kier alpha value is -4.00. The number of hydrogen-bond donors (Lipinski definition) is 2. The van der Waals surface area contributed by atoms with Gasteiger partial charge in [0.1, 0.15) is 11.5 Å². The number of nitrogens with zero attached hydrogens (tertiary/aromatic N) is 2. The topological polar surface area (TPSA) is 140 Å². The third-order valence-corrected chi connectivity index (χ3v) is 7.62. The van der Waals surface area contributed by atoms with Gasteiger partial charge in [-0.2, -0.15) is 9.41 Å².